The number of nitrogens with zero attached hydrogens (tertiary/aromatic N) is 2. The van der Waals surface area contributed by atoms with Crippen LogP contribution in [-0.4, -0.2) is 63.2 Å². The number of carbonyl (C=O) groups excluding carboxylic acids is 2. The van der Waals surface area contributed by atoms with Crippen LogP contribution in [0.15, 0.2) is 58.3 Å². The first-order valence-electron chi connectivity index (χ1n) is 9.26. The molecule has 1 aliphatic rings. The molecule has 30 heavy (non-hydrogen) atoms. The number of hydrogen-bond donors (Lipinski definition) is 0. The minimum atomic E-state index is -3.85. The number of carbonyl (C=O) groups is 2. The summed E-state index contributed by atoms with van der Waals surface area (Å²) >= 11 is 0. The van der Waals surface area contributed by atoms with Gasteiger partial charge in [0.15, 0.2) is 11.6 Å². The van der Waals surface area contributed by atoms with E-state index in [1.807, 2.05) is 0 Å². The maximum absolute atomic E-state index is 12.9. The van der Waals surface area contributed by atoms with Gasteiger partial charge in [-0.25, -0.2) is 16.8 Å². The molecular formula is C20H22N2O6S2. The second-order valence-corrected chi connectivity index (χ2v) is 10.9. The van der Waals surface area contributed by atoms with E-state index in [1.54, 1.807) is 12.1 Å². The molecule has 1 fully saturated rings. The third kappa shape index (κ3) is 4.36. The number of ketones is 2. The lowest BCUT2D eigenvalue weighted by Crippen LogP contribution is -2.50. The van der Waals surface area contributed by atoms with Crippen molar-refractivity contribution < 1.29 is 26.4 Å². The molecule has 0 saturated carbocycles. The predicted octanol–water partition coefficient (Wildman–Crippen LogP) is 1.79. The Morgan fingerprint density at radius 1 is 0.667 bits per heavy atom. The van der Waals surface area contributed by atoms with Crippen LogP contribution in [0.4, 0.5) is 0 Å². The van der Waals surface area contributed by atoms with Crippen LogP contribution < -0.4 is 0 Å². The van der Waals surface area contributed by atoms with Crippen LogP contribution in [0.5, 0.6) is 0 Å². The quantitative estimate of drug-likeness (QED) is 0.621. The fraction of sp³-hybridized carbons (Fsp3) is 0.300. The highest BCUT2D eigenvalue weighted by molar-refractivity contribution is 7.89. The van der Waals surface area contributed by atoms with E-state index in [4.69, 9.17) is 0 Å². The van der Waals surface area contributed by atoms with E-state index in [0.29, 0.717) is 11.1 Å². The number of Topliss-reactive ketones (excluding diaryl/α,β-unsaturated/α-hetero) is 2. The van der Waals surface area contributed by atoms with Crippen molar-refractivity contribution in [2.24, 2.45) is 0 Å². The molecule has 1 heterocycles. The van der Waals surface area contributed by atoms with Gasteiger partial charge in [-0.15, -0.1) is 0 Å². The molecule has 2 aromatic rings. The number of sulfonamides is 2. The molecule has 0 radical (unpaired) electrons. The Labute approximate surface area is 176 Å². The van der Waals surface area contributed by atoms with Gasteiger partial charge in [0.25, 0.3) is 0 Å². The molecule has 0 aliphatic carbocycles. The molecule has 160 valence electrons. The van der Waals surface area contributed by atoms with E-state index in [9.17, 15) is 26.4 Å². The topological polar surface area (TPSA) is 109 Å². The molecule has 1 saturated heterocycles. The Kier molecular flexibility index (Phi) is 6.23. The number of piperazine rings is 1. The molecule has 0 N–H and O–H groups in total. The summed E-state index contributed by atoms with van der Waals surface area (Å²) in [5.74, 6) is -0.480. The summed E-state index contributed by atoms with van der Waals surface area (Å²) in [5.41, 5.74) is 0.588. The average Bonchev–Trinajstić information content (AvgIpc) is 2.74. The largest absolute Gasteiger partial charge is 0.295 e. The number of hydrogen-bond acceptors (Lipinski definition) is 6. The zero-order valence-electron chi connectivity index (χ0n) is 16.6. The second kappa shape index (κ2) is 8.38. The monoisotopic (exact) mass is 450 g/mol. The van der Waals surface area contributed by atoms with Gasteiger partial charge in [-0.1, -0.05) is 24.3 Å². The lowest BCUT2D eigenvalue weighted by molar-refractivity contribution is 0.100. The molecule has 2 aromatic carbocycles. The summed E-state index contributed by atoms with van der Waals surface area (Å²) in [6.07, 6.45) is 0. The molecule has 3 rings (SSSR count). The van der Waals surface area contributed by atoms with Crippen molar-refractivity contribution in [3.63, 3.8) is 0 Å². The van der Waals surface area contributed by atoms with Crippen molar-refractivity contribution in [1.82, 2.24) is 8.61 Å². The molecule has 0 unspecified atom stereocenters. The van der Waals surface area contributed by atoms with Crippen molar-refractivity contribution in [3.8, 4) is 0 Å². The van der Waals surface area contributed by atoms with E-state index in [-0.39, 0.29) is 47.5 Å². The highest BCUT2D eigenvalue weighted by Crippen LogP contribution is 2.23. The molecule has 0 aromatic heterocycles. The molecule has 1 aliphatic heterocycles. The van der Waals surface area contributed by atoms with Gasteiger partial charge >= 0.3 is 0 Å². The van der Waals surface area contributed by atoms with Crippen LogP contribution >= 0.6 is 0 Å². The van der Waals surface area contributed by atoms with Crippen LogP contribution in [0.1, 0.15) is 34.6 Å². The fourth-order valence-corrected chi connectivity index (χ4v) is 6.14. The first kappa shape index (κ1) is 22.3. The summed E-state index contributed by atoms with van der Waals surface area (Å²) in [4.78, 5) is 23.1. The lowest BCUT2D eigenvalue weighted by Gasteiger charge is -2.33. The molecular weight excluding hydrogens is 428 g/mol. The third-order valence-electron chi connectivity index (χ3n) is 4.95. The van der Waals surface area contributed by atoms with Crippen molar-refractivity contribution in [2.75, 3.05) is 26.2 Å². The zero-order valence-corrected chi connectivity index (χ0v) is 18.2. The molecule has 0 atom stereocenters. The van der Waals surface area contributed by atoms with E-state index in [2.05, 4.69) is 0 Å². The summed E-state index contributed by atoms with van der Waals surface area (Å²) < 4.78 is 54.1. The van der Waals surface area contributed by atoms with Gasteiger partial charge in [0.1, 0.15) is 0 Å². The first-order chi connectivity index (χ1) is 14.0. The van der Waals surface area contributed by atoms with Gasteiger partial charge in [-0.2, -0.15) is 8.61 Å². The minimum Gasteiger partial charge on any atom is -0.295 e. The van der Waals surface area contributed by atoms with Crippen LogP contribution in [0.3, 0.4) is 0 Å². The van der Waals surface area contributed by atoms with Crippen molar-refractivity contribution in [3.05, 3.63) is 59.7 Å². The maximum atomic E-state index is 12.9. The smallest absolute Gasteiger partial charge is 0.243 e. The third-order valence-corrected chi connectivity index (χ3v) is 8.74. The summed E-state index contributed by atoms with van der Waals surface area (Å²) in [6.45, 7) is 2.65. The normalized spacial score (nSPS) is 16.3. The van der Waals surface area contributed by atoms with Crippen molar-refractivity contribution in [1.29, 1.82) is 0 Å². The SMILES string of the molecule is CC(=O)c1cccc(S(=O)(=O)N2CCN(S(=O)(=O)c3cccc(C(C)=O)c3)CC2)c1. The zero-order chi connectivity index (χ0) is 22.1. The standard InChI is InChI=1S/C20H22N2O6S2/c1-15(23)17-5-3-7-19(13-17)29(25,26)21-9-11-22(12-10-21)30(27,28)20-8-4-6-18(14-20)16(2)24/h3-8,13-14H,9-12H2,1-2H3. The second-order valence-electron chi connectivity index (χ2n) is 6.98. The Balaban J connectivity index is 1.78. The lowest BCUT2D eigenvalue weighted by atomic mass is 10.2. The predicted molar refractivity (Wildman–Crippen MR) is 110 cm³/mol. The van der Waals surface area contributed by atoms with Crippen molar-refractivity contribution in [2.45, 2.75) is 23.6 Å². The van der Waals surface area contributed by atoms with Gasteiger partial charge in [-0.05, 0) is 38.1 Å². The van der Waals surface area contributed by atoms with Crippen molar-refractivity contribution >= 4 is 31.6 Å². The number of benzene rings is 2. The molecule has 0 spiro atoms. The summed E-state index contributed by atoms with van der Waals surface area (Å²) in [5, 5.41) is 0. The van der Waals surface area contributed by atoms with E-state index in [1.165, 1.54) is 58.9 Å². The highest BCUT2D eigenvalue weighted by atomic mass is 32.2. The van der Waals surface area contributed by atoms with Gasteiger partial charge in [-0.3, -0.25) is 9.59 Å². The molecule has 0 bridgehead atoms. The number of rotatable bonds is 6. The summed E-state index contributed by atoms with van der Waals surface area (Å²) in [7, 11) is -7.71. The maximum Gasteiger partial charge on any atom is 0.243 e. The van der Waals surface area contributed by atoms with Gasteiger partial charge in [0, 0.05) is 37.3 Å². The Bertz CT molecular complexity index is 1100. The van der Waals surface area contributed by atoms with E-state index in [0.717, 1.165) is 0 Å². The van der Waals surface area contributed by atoms with E-state index >= 15 is 0 Å². The molecule has 10 heteroatoms. The highest BCUT2D eigenvalue weighted by Gasteiger charge is 2.34. The molecule has 8 nitrogen and oxygen atoms in total. The average molecular weight is 451 g/mol. The van der Waals surface area contributed by atoms with Gasteiger partial charge in [0.05, 0.1) is 9.79 Å². The Morgan fingerprint density at radius 3 is 1.30 bits per heavy atom. The van der Waals surface area contributed by atoms with Crippen LogP contribution in [-0.2, 0) is 20.0 Å². The van der Waals surface area contributed by atoms with Crippen LogP contribution in [0, 0.1) is 0 Å². The summed E-state index contributed by atoms with van der Waals surface area (Å²) in [6, 6.07) is 11.6. The first-order valence-corrected chi connectivity index (χ1v) is 12.1. The minimum absolute atomic E-state index is 0.000617. The van der Waals surface area contributed by atoms with Crippen LogP contribution in [0.25, 0.3) is 0 Å². The Hall–Kier alpha value is -2.40. The fourth-order valence-electron chi connectivity index (χ4n) is 3.20. The van der Waals surface area contributed by atoms with Gasteiger partial charge < -0.3 is 0 Å². The Morgan fingerprint density at radius 2 is 1.00 bits per heavy atom. The van der Waals surface area contributed by atoms with E-state index < -0.39 is 20.0 Å². The molecule has 0 amide bonds. The van der Waals surface area contributed by atoms with Crippen LogP contribution in [0.2, 0.25) is 0 Å². The van der Waals surface area contributed by atoms with Gasteiger partial charge in [0.2, 0.25) is 20.0 Å².